The van der Waals surface area contributed by atoms with E-state index in [1.54, 1.807) is 36.8 Å². The molecule has 4 aliphatic rings. The van der Waals surface area contributed by atoms with Gasteiger partial charge in [-0.25, -0.2) is 17.6 Å². The summed E-state index contributed by atoms with van der Waals surface area (Å²) in [6.07, 6.45) is 4.54. The summed E-state index contributed by atoms with van der Waals surface area (Å²) in [6, 6.07) is 6.58. The minimum Gasteiger partial charge on any atom is -0.503 e. The summed E-state index contributed by atoms with van der Waals surface area (Å²) < 4.78 is 69.9. The van der Waals surface area contributed by atoms with Crippen LogP contribution in [0.3, 0.4) is 0 Å². The van der Waals surface area contributed by atoms with Crippen LogP contribution in [0.15, 0.2) is 58.4 Å². The second-order valence-corrected chi connectivity index (χ2v) is 21.5. The van der Waals surface area contributed by atoms with Crippen LogP contribution in [0.1, 0.15) is 96.5 Å². The minimum atomic E-state index is -0.918. The number of benzene rings is 2. The number of aromatic hydroxyl groups is 2. The van der Waals surface area contributed by atoms with Crippen LogP contribution in [0, 0.1) is 45.9 Å². The first kappa shape index (κ1) is 47.1. The Morgan fingerprint density at radius 2 is 1.01 bits per heavy atom. The molecule has 0 radical (unpaired) electrons. The average molecular weight is 975 g/mol. The van der Waals surface area contributed by atoms with Crippen LogP contribution in [0.5, 0.6) is 11.5 Å². The lowest BCUT2D eigenvalue weighted by atomic mass is 9.66. The molecule has 8 heterocycles. The fourth-order valence-corrected chi connectivity index (χ4v) is 11.6. The van der Waals surface area contributed by atoms with Crippen molar-refractivity contribution in [2.75, 3.05) is 13.2 Å². The number of carbonyl (C=O) groups excluding carboxylic acids is 2. The number of carbonyl (C=O) groups is 2. The third kappa shape index (κ3) is 7.78. The van der Waals surface area contributed by atoms with E-state index >= 15 is 0 Å². The Morgan fingerprint density at radius 1 is 0.632 bits per heavy atom. The predicted molar refractivity (Wildman–Crippen MR) is 242 cm³/mol. The third-order valence-electron chi connectivity index (χ3n) is 14.0. The average Bonchev–Trinajstić information content (AvgIpc) is 4.10. The summed E-state index contributed by atoms with van der Waals surface area (Å²) in [4.78, 5) is 52.8. The lowest BCUT2D eigenvalue weighted by molar-refractivity contribution is -0.0880. The molecule has 10 rings (SSSR count). The molecule has 2 aromatic carbocycles. The van der Waals surface area contributed by atoms with Gasteiger partial charge in [0.05, 0.1) is 59.5 Å². The molecule has 0 saturated carbocycles. The molecule has 14 nitrogen and oxygen atoms in total. The first-order chi connectivity index (χ1) is 32.0. The number of halogens is 4. The molecule has 0 amide bonds. The maximum atomic E-state index is 14.0. The molecule has 4 unspecified atom stereocenters. The molecule has 68 heavy (non-hydrogen) atoms. The van der Waals surface area contributed by atoms with Crippen LogP contribution in [-0.4, -0.2) is 75.7 Å². The fourth-order valence-electron chi connectivity index (χ4n) is 9.86. The van der Waals surface area contributed by atoms with Gasteiger partial charge in [0.15, 0.2) is 33.1 Å². The van der Waals surface area contributed by atoms with Gasteiger partial charge in [0.2, 0.25) is 10.9 Å². The van der Waals surface area contributed by atoms with Crippen LogP contribution >= 0.6 is 22.7 Å². The number of fused-ring (bicyclic) bond motifs is 2. The molecule has 0 bridgehead atoms. The summed E-state index contributed by atoms with van der Waals surface area (Å²) >= 11 is 2.14. The first-order valence-electron chi connectivity index (χ1n) is 21.9. The Labute approximate surface area is 394 Å². The second kappa shape index (κ2) is 16.9. The van der Waals surface area contributed by atoms with Gasteiger partial charge in [-0.1, -0.05) is 48.7 Å². The quantitative estimate of drug-likeness (QED) is 0.154. The van der Waals surface area contributed by atoms with E-state index in [2.05, 4.69) is 34.2 Å². The van der Waals surface area contributed by atoms with Gasteiger partial charge in [-0.05, 0) is 75.6 Å². The van der Waals surface area contributed by atoms with E-state index in [-0.39, 0.29) is 79.9 Å². The van der Waals surface area contributed by atoms with Gasteiger partial charge in [0.25, 0.3) is 0 Å². The van der Waals surface area contributed by atoms with Crippen LogP contribution in [-0.2, 0) is 35.4 Å². The number of hydrogen-bond donors (Lipinski definition) is 2. The fraction of sp³-hybridized carbons (Fsp3) is 0.417. The summed E-state index contributed by atoms with van der Waals surface area (Å²) in [7, 11) is 0. The standard InChI is InChI=1S/2C24H23F2N3O4S/c2*1-12-8-24(33-10-12)11-29-9-15(19(30)20(31)18(29)21(32)23(24,2)3)22-28-27-17(34-22)6-13-4-5-14(25)7-16(13)26/h2*4-5,7,9,12,31H,6,8,10-11H2,1-3H3. The zero-order valence-corrected chi connectivity index (χ0v) is 39.4. The third-order valence-corrected chi connectivity index (χ3v) is 15.9. The summed E-state index contributed by atoms with van der Waals surface area (Å²) in [5, 5.41) is 39.0. The largest absolute Gasteiger partial charge is 0.503 e. The van der Waals surface area contributed by atoms with Crippen molar-refractivity contribution in [2.45, 2.75) is 91.5 Å². The van der Waals surface area contributed by atoms with E-state index in [4.69, 9.17) is 9.47 Å². The van der Waals surface area contributed by atoms with Crippen LogP contribution in [0.4, 0.5) is 17.6 Å². The van der Waals surface area contributed by atoms with Crippen molar-refractivity contribution in [3.8, 4) is 32.6 Å². The van der Waals surface area contributed by atoms with Gasteiger partial charge in [0, 0.05) is 37.4 Å². The summed E-state index contributed by atoms with van der Waals surface area (Å²) in [5.74, 6) is -4.13. The maximum Gasteiger partial charge on any atom is 0.234 e. The predicted octanol–water partition coefficient (Wildman–Crippen LogP) is 7.92. The lowest BCUT2D eigenvalue weighted by Gasteiger charge is -2.47. The first-order valence-corrected chi connectivity index (χ1v) is 23.5. The van der Waals surface area contributed by atoms with Gasteiger partial charge in [-0.2, -0.15) is 0 Å². The normalized spacial score (nSPS) is 23.4. The molecular weight excluding hydrogens is 929 g/mol. The van der Waals surface area contributed by atoms with E-state index in [1.165, 1.54) is 24.5 Å². The molecule has 0 aliphatic carbocycles. The number of aromatic nitrogens is 6. The number of hydrogen-bond acceptors (Lipinski definition) is 14. The molecule has 356 valence electrons. The number of ether oxygens (including phenoxy) is 2. The van der Waals surface area contributed by atoms with Crippen molar-refractivity contribution < 1.29 is 46.8 Å². The highest BCUT2D eigenvalue weighted by Crippen LogP contribution is 2.52. The topological polar surface area (TPSA) is 189 Å². The van der Waals surface area contributed by atoms with Crippen molar-refractivity contribution in [2.24, 2.45) is 22.7 Å². The van der Waals surface area contributed by atoms with Crippen molar-refractivity contribution >= 4 is 34.2 Å². The van der Waals surface area contributed by atoms with Crippen molar-refractivity contribution in [1.82, 2.24) is 29.5 Å². The number of rotatable bonds is 6. The Morgan fingerprint density at radius 3 is 1.35 bits per heavy atom. The van der Waals surface area contributed by atoms with E-state index in [9.17, 15) is 47.0 Å². The van der Waals surface area contributed by atoms with E-state index in [1.807, 2.05) is 0 Å². The Hall–Kier alpha value is -5.96. The number of pyridine rings is 2. The molecule has 2 N–H and O–H groups in total. The van der Waals surface area contributed by atoms with Gasteiger partial charge < -0.3 is 28.8 Å². The van der Waals surface area contributed by atoms with Crippen molar-refractivity contribution in [3.63, 3.8) is 0 Å². The molecule has 4 atom stereocenters. The van der Waals surface area contributed by atoms with E-state index in [0.29, 0.717) is 49.2 Å². The molecular formula is C48H46F4N6O8S2. The highest BCUT2D eigenvalue weighted by atomic mass is 32.1. The second-order valence-electron chi connectivity index (χ2n) is 19.4. The van der Waals surface area contributed by atoms with E-state index < -0.39 is 67.7 Å². The molecule has 2 fully saturated rings. The van der Waals surface area contributed by atoms with Gasteiger partial charge in [-0.15, -0.1) is 20.4 Å². The van der Waals surface area contributed by atoms with Gasteiger partial charge in [-0.3, -0.25) is 19.2 Å². The maximum absolute atomic E-state index is 14.0. The highest BCUT2D eigenvalue weighted by Gasteiger charge is 2.60. The van der Waals surface area contributed by atoms with Crippen molar-refractivity contribution in [1.29, 1.82) is 0 Å². The molecule has 4 aliphatic heterocycles. The molecule has 6 aromatic rings. The SMILES string of the molecule is CC1COC2(C1)Cn1cc(-c3nnc(Cc4ccc(F)cc4F)s3)c(=O)c(O)c1C(=O)C2(C)C.CC1COC2(C1)Cn1cc(-c3nnc(Cc4ccc(F)cc4F)s3)c(=O)c(O)c1C(=O)C2(C)C. The van der Waals surface area contributed by atoms with E-state index in [0.717, 1.165) is 46.9 Å². The zero-order valence-electron chi connectivity index (χ0n) is 37.8. The minimum absolute atomic E-state index is 0.0364. The van der Waals surface area contributed by atoms with Gasteiger partial charge in [0.1, 0.15) is 44.7 Å². The lowest BCUT2D eigenvalue weighted by Crippen LogP contribution is -2.56. The Kier molecular flexibility index (Phi) is 11.7. The molecule has 20 heteroatoms. The Bertz CT molecular complexity index is 2980. The van der Waals surface area contributed by atoms with Gasteiger partial charge >= 0.3 is 0 Å². The van der Waals surface area contributed by atoms with Crippen molar-refractivity contribution in [3.05, 3.63) is 125 Å². The number of nitrogens with zero attached hydrogens (tertiary/aromatic N) is 6. The summed E-state index contributed by atoms with van der Waals surface area (Å²) in [5.41, 5.74) is -4.16. The Balaban J connectivity index is 0.000000170. The number of Topliss-reactive ketones (excluding diaryl/α,β-unsaturated/α-hetero) is 2. The van der Waals surface area contributed by atoms with Crippen LogP contribution in [0.2, 0.25) is 0 Å². The van der Waals surface area contributed by atoms with Crippen LogP contribution < -0.4 is 10.9 Å². The van der Waals surface area contributed by atoms with Crippen LogP contribution in [0.25, 0.3) is 21.1 Å². The number of ketones is 2. The molecule has 2 spiro atoms. The summed E-state index contributed by atoms with van der Waals surface area (Å²) in [6.45, 7) is 13.0. The highest BCUT2D eigenvalue weighted by molar-refractivity contribution is 7.15. The monoisotopic (exact) mass is 974 g/mol. The smallest absolute Gasteiger partial charge is 0.234 e. The molecule has 4 aromatic heterocycles. The molecule has 2 saturated heterocycles. The zero-order chi connectivity index (χ0) is 48.8.